The van der Waals surface area contributed by atoms with Crippen molar-refractivity contribution in [3.63, 3.8) is 0 Å². The summed E-state index contributed by atoms with van der Waals surface area (Å²) in [5.74, 6) is -1.75. The van der Waals surface area contributed by atoms with Gasteiger partial charge in [-0.25, -0.2) is 4.79 Å². The molecule has 2 saturated heterocycles. The second kappa shape index (κ2) is 9.93. The molecule has 3 rings (SSSR count). The predicted octanol–water partition coefficient (Wildman–Crippen LogP) is 2.05. The topological polar surface area (TPSA) is 88.1 Å². The Kier molecular flexibility index (Phi) is 7.86. The second-order valence-corrected chi connectivity index (χ2v) is 6.89. The minimum Gasteiger partial charge on any atom is -0.497 e. The van der Waals surface area contributed by atoms with Gasteiger partial charge in [0.15, 0.2) is 0 Å². The van der Waals surface area contributed by atoms with Crippen molar-refractivity contribution in [2.75, 3.05) is 27.3 Å². The second-order valence-electron chi connectivity index (χ2n) is 6.89. The number of hydrogen-bond donors (Lipinski definition) is 2. The summed E-state index contributed by atoms with van der Waals surface area (Å²) in [4.78, 5) is 23.3. The van der Waals surface area contributed by atoms with E-state index in [1.54, 1.807) is 14.2 Å². The zero-order valence-electron chi connectivity index (χ0n) is 16.2. The van der Waals surface area contributed by atoms with E-state index in [4.69, 9.17) is 19.4 Å². The summed E-state index contributed by atoms with van der Waals surface area (Å²) in [7, 11) is 3.38. The maximum absolute atomic E-state index is 12.0. The molecule has 162 valence electrons. The quantitative estimate of drug-likeness (QED) is 0.778. The minimum atomic E-state index is -5.08. The van der Waals surface area contributed by atoms with Crippen LogP contribution in [0.5, 0.6) is 5.75 Å². The first kappa shape index (κ1) is 23.0. The molecule has 2 aliphatic heterocycles. The van der Waals surface area contributed by atoms with Crippen LogP contribution in [0.15, 0.2) is 24.3 Å². The molecule has 0 aliphatic carbocycles. The van der Waals surface area contributed by atoms with Gasteiger partial charge < -0.3 is 19.9 Å². The average molecular weight is 418 g/mol. The van der Waals surface area contributed by atoms with Crippen LogP contribution in [0.1, 0.15) is 18.4 Å². The van der Waals surface area contributed by atoms with Crippen molar-refractivity contribution in [2.45, 2.75) is 37.7 Å². The van der Waals surface area contributed by atoms with Gasteiger partial charge in [0.25, 0.3) is 0 Å². The molecule has 0 unspecified atom stereocenters. The van der Waals surface area contributed by atoms with E-state index in [0.29, 0.717) is 6.04 Å². The molecule has 7 nitrogen and oxygen atoms in total. The van der Waals surface area contributed by atoms with Gasteiger partial charge in [0.05, 0.1) is 19.1 Å². The lowest BCUT2D eigenvalue weighted by atomic mass is 9.89. The number of nitrogens with one attached hydrogen (secondary N) is 1. The first-order valence-electron chi connectivity index (χ1n) is 9.16. The number of methoxy groups -OCH3 is 1. The third-order valence-corrected chi connectivity index (χ3v) is 5.02. The maximum Gasteiger partial charge on any atom is 0.490 e. The monoisotopic (exact) mass is 418 g/mol. The number of amides is 1. The molecule has 29 heavy (non-hydrogen) atoms. The summed E-state index contributed by atoms with van der Waals surface area (Å²) in [5.41, 5.74) is 1.24. The van der Waals surface area contributed by atoms with Crippen molar-refractivity contribution in [3.05, 3.63) is 29.8 Å². The Labute approximate surface area is 166 Å². The summed E-state index contributed by atoms with van der Waals surface area (Å²) in [6.07, 6.45) is -3.00. The number of carbonyl (C=O) groups excluding carboxylic acids is 1. The molecule has 3 atom stereocenters. The van der Waals surface area contributed by atoms with E-state index in [9.17, 15) is 18.0 Å². The SMILES string of the molecule is CNC(=O)[C@H]1C[C@H]2OCC[C@H]2N(Cc2ccc(OC)cc2)C1.O=C(O)C(F)(F)F. The zero-order chi connectivity index (χ0) is 21.6. The number of benzene rings is 1. The molecule has 0 bridgehead atoms. The number of likely N-dealkylation sites (tertiary alicyclic amines) is 1. The van der Waals surface area contributed by atoms with Crippen LogP contribution in [-0.4, -0.2) is 67.5 Å². The molecule has 0 radical (unpaired) electrons. The van der Waals surface area contributed by atoms with Crippen molar-refractivity contribution in [3.8, 4) is 5.75 Å². The molecule has 0 aromatic heterocycles. The third kappa shape index (κ3) is 6.33. The highest BCUT2D eigenvalue weighted by Crippen LogP contribution is 2.32. The lowest BCUT2D eigenvalue weighted by Gasteiger charge is -2.40. The number of piperidine rings is 1. The van der Waals surface area contributed by atoms with Crippen LogP contribution in [0.4, 0.5) is 13.2 Å². The van der Waals surface area contributed by atoms with E-state index in [1.807, 2.05) is 12.1 Å². The van der Waals surface area contributed by atoms with Crippen molar-refractivity contribution in [2.24, 2.45) is 5.92 Å². The molecule has 2 heterocycles. The molecular weight excluding hydrogens is 393 g/mol. The number of alkyl halides is 3. The van der Waals surface area contributed by atoms with Crippen molar-refractivity contribution < 1.29 is 37.3 Å². The van der Waals surface area contributed by atoms with E-state index >= 15 is 0 Å². The molecule has 0 saturated carbocycles. The summed E-state index contributed by atoms with van der Waals surface area (Å²) in [6, 6.07) is 8.58. The fourth-order valence-electron chi connectivity index (χ4n) is 3.59. The molecular formula is C19H25F3N2O5. The summed E-state index contributed by atoms with van der Waals surface area (Å²) < 4.78 is 42.8. The first-order valence-corrected chi connectivity index (χ1v) is 9.16. The van der Waals surface area contributed by atoms with Crippen LogP contribution in [0, 0.1) is 5.92 Å². The lowest BCUT2D eigenvalue weighted by Crippen LogP contribution is -2.52. The van der Waals surface area contributed by atoms with E-state index in [2.05, 4.69) is 22.3 Å². The summed E-state index contributed by atoms with van der Waals surface area (Å²) >= 11 is 0. The number of carboxylic acid groups (broad SMARTS) is 1. The van der Waals surface area contributed by atoms with Crippen LogP contribution in [0.25, 0.3) is 0 Å². The Balaban J connectivity index is 0.000000370. The Bertz CT molecular complexity index is 696. The number of carboxylic acids is 1. The largest absolute Gasteiger partial charge is 0.497 e. The fourth-order valence-corrected chi connectivity index (χ4v) is 3.59. The van der Waals surface area contributed by atoms with Gasteiger partial charge in [-0.05, 0) is 30.5 Å². The van der Waals surface area contributed by atoms with Gasteiger partial charge in [-0.1, -0.05) is 12.1 Å². The van der Waals surface area contributed by atoms with Gasteiger partial charge in [0.2, 0.25) is 5.91 Å². The highest BCUT2D eigenvalue weighted by Gasteiger charge is 2.42. The van der Waals surface area contributed by atoms with Gasteiger partial charge >= 0.3 is 12.1 Å². The number of ether oxygens (including phenoxy) is 2. The number of nitrogens with zero attached hydrogens (tertiary/aromatic N) is 1. The minimum absolute atomic E-state index is 0.0163. The maximum atomic E-state index is 12.0. The number of hydrogen-bond acceptors (Lipinski definition) is 5. The van der Waals surface area contributed by atoms with E-state index in [-0.39, 0.29) is 17.9 Å². The van der Waals surface area contributed by atoms with E-state index in [1.165, 1.54) is 5.56 Å². The average Bonchev–Trinajstić information content (AvgIpc) is 3.16. The van der Waals surface area contributed by atoms with E-state index < -0.39 is 12.1 Å². The fraction of sp³-hybridized carbons (Fsp3) is 0.579. The summed E-state index contributed by atoms with van der Waals surface area (Å²) in [6.45, 7) is 2.45. The van der Waals surface area contributed by atoms with Crippen LogP contribution >= 0.6 is 0 Å². The van der Waals surface area contributed by atoms with E-state index in [0.717, 1.165) is 38.3 Å². The molecule has 10 heteroatoms. The van der Waals surface area contributed by atoms with Gasteiger partial charge in [-0.3, -0.25) is 9.69 Å². The Hall–Kier alpha value is -2.33. The molecule has 1 aromatic rings. The smallest absolute Gasteiger partial charge is 0.490 e. The van der Waals surface area contributed by atoms with Gasteiger partial charge in [-0.2, -0.15) is 13.2 Å². The van der Waals surface area contributed by atoms with Crippen LogP contribution in [-0.2, 0) is 20.9 Å². The Morgan fingerprint density at radius 3 is 2.45 bits per heavy atom. The van der Waals surface area contributed by atoms with Gasteiger partial charge in [-0.15, -0.1) is 0 Å². The molecule has 2 fully saturated rings. The number of rotatable bonds is 4. The van der Waals surface area contributed by atoms with Crippen LogP contribution in [0.3, 0.4) is 0 Å². The molecule has 2 N–H and O–H groups in total. The normalized spacial score (nSPS) is 24.1. The summed E-state index contributed by atoms with van der Waals surface area (Å²) in [5, 5.41) is 9.90. The van der Waals surface area contributed by atoms with Crippen LogP contribution < -0.4 is 10.1 Å². The first-order chi connectivity index (χ1) is 13.7. The molecule has 0 spiro atoms. The Morgan fingerprint density at radius 1 is 1.31 bits per heavy atom. The molecule has 1 amide bonds. The highest BCUT2D eigenvalue weighted by atomic mass is 19.4. The lowest BCUT2D eigenvalue weighted by molar-refractivity contribution is -0.192. The van der Waals surface area contributed by atoms with Crippen molar-refractivity contribution in [1.82, 2.24) is 10.2 Å². The van der Waals surface area contributed by atoms with Gasteiger partial charge in [0, 0.05) is 32.8 Å². The predicted molar refractivity (Wildman–Crippen MR) is 97.4 cm³/mol. The number of halogens is 3. The van der Waals surface area contributed by atoms with Crippen molar-refractivity contribution >= 4 is 11.9 Å². The number of fused-ring (bicyclic) bond motifs is 1. The highest BCUT2D eigenvalue weighted by molar-refractivity contribution is 5.78. The van der Waals surface area contributed by atoms with Gasteiger partial charge in [0.1, 0.15) is 5.75 Å². The zero-order valence-corrected chi connectivity index (χ0v) is 16.2. The molecule has 2 aliphatic rings. The number of carbonyl (C=O) groups is 2. The van der Waals surface area contributed by atoms with Crippen molar-refractivity contribution in [1.29, 1.82) is 0 Å². The Morgan fingerprint density at radius 2 is 1.93 bits per heavy atom. The number of aliphatic carboxylic acids is 1. The van der Waals surface area contributed by atoms with Crippen LogP contribution in [0.2, 0.25) is 0 Å². The third-order valence-electron chi connectivity index (χ3n) is 5.02. The standard InChI is InChI=1S/C17H24N2O3.C2HF3O2/c1-18-17(20)13-9-16-15(7-8-22-16)19(11-13)10-12-3-5-14(21-2)6-4-12;3-2(4,5)1(6)7/h3-6,13,15-16H,7-11H2,1-2H3,(H,18,20);(H,6,7)/t13-,15+,16+;/m0./s1. The molecule has 1 aromatic carbocycles.